The van der Waals surface area contributed by atoms with Crippen LogP contribution in [0.5, 0.6) is 0 Å². The van der Waals surface area contributed by atoms with Gasteiger partial charge in [0, 0.05) is 36.5 Å². The Labute approximate surface area is 328 Å². The molecule has 1 saturated heterocycles. The fourth-order valence-electron chi connectivity index (χ4n) is 11.8. The van der Waals surface area contributed by atoms with Gasteiger partial charge in [-0.05, 0) is 122 Å². The second-order valence-electron chi connectivity index (χ2n) is 17.7. The Bertz CT molecular complexity index is 1650. The van der Waals surface area contributed by atoms with E-state index in [0.717, 1.165) is 32.1 Å². The highest BCUT2D eigenvalue weighted by molar-refractivity contribution is 8.00. The number of aliphatic hydroxyl groups excluding tert-OH is 3. The molecule has 14 nitrogen and oxygen atoms in total. The van der Waals surface area contributed by atoms with Gasteiger partial charge in [0.25, 0.3) is 11.8 Å². The number of nitrogens with one attached hydrogen (secondary N) is 3. The number of azide groups is 1. The number of carbonyl (C=O) groups excluding carboxylic acids is 4. The lowest BCUT2D eigenvalue weighted by Gasteiger charge is -2.63. The molecule has 14 atom stereocenters. The van der Waals surface area contributed by atoms with Crippen molar-refractivity contribution in [2.45, 2.75) is 141 Å². The van der Waals surface area contributed by atoms with E-state index in [-0.39, 0.29) is 102 Å². The first-order valence-corrected chi connectivity index (χ1v) is 21.2. The summed E-state index contributed by atoms with van der Waals surface area (Å²) in [6.07, 6.45) is 10.3. The maximum absolute atomic E-state index is 13.5. The standard InChI is InChI=1S/C40H59N7O7S/c1-6-8-30(43-31(51)9-7-16-42-46-41)44-36(53)35-22(3)20-55-38-34(37(54)47(35)38)45-32(52)13-10-21(2)25-11-12-26-33-27(19-29(50)40(25,26)5)39(4)15-14-24(48)17-23(39)18-28(33)49/h1,21,23-30,33-34,38,48-50H,7-20H2,2-5H3,(H,43,51)(H,44,53)(H,45,52)/t21-,23+,24-,25-,26+,27+,28-,29?,30?,33+,34?,38?,39+,40-/m1/s1. The molecule has 4 amide bonds. The fourth-order valence-corrected chi connectivity index (χ4v) is 13.1. The highest BCUT2D eigenvalue weighted by Crippen LogP contribution is 2.68. The van der Waals surface area contributed by atoms with E-state index in [9.17, 15) is 34.5 Å². The van der Waals surface area contributed by atoms with Crippen LogP contribution in [-0.4, -0.2) is 92.0 Å². The van der Waals surface area contributed by atoms with E-state index < -0.39 is 35.7 Å². The summed E-state index contributed by atoms with van der Waals surface area (Å²) in [4.78, 5) is 56.9. The number of carbonyl (C=O) groups is 4. The lowest BCUT2D eigenvalue weighted by Crippen LogP contribution is -2.71. The summed E-state index contributed by atoms with van der Waals surface area (Å²) < 4.78 is 0. The molecule has 4 saturated carbocycles. The summed E-state index contributed by atoms with van der Waals surface area (Å²) in [6.45, 7) is 8.64. The molecular formula is C40H59N7O7S. The van der Waals surface area contributed by atoms with Crippen molar-refractivity contribution >= 4 is 35.4 Å². The molecule has 6 aliphatic rings. The monoisotopic (exact) mass is 781 g/mol. The van der Waals surface area contributed by atoms with Gasteiger partial charge in [0.2, 0.25) is 11.8 Å². The molecule has 55 heavy (non-hydrogen) atoms. The number of nitrogens with zero attached hydrogens (tertiary/aromatic N) is 4. The molecule has 2 heterocycles. The second-order valence-corrected chi connectivity index (χ2v) is 18.8. The van der Waals surface area contributed by atoms with Crippen molar-refractivity contribution in [1.29, 1.82) is 0 Å². The molecular weight excluding hydrogens is 723 g/mol. The highest BCUT2D eigenvalue weighted by atomic mass is 32.2. The third-order valence-electron chi connectivity index (χ3n) is 14.7. The minimum absolute atomic E-state index is 0.00962. The first-order valence-electron chi connectivity index (χ1n) is 20.2. The molecule has 0 radical (unpaired) electrons. The van der Waals surface area contributed by atoms with Crippen LogP contribution in [0.15, 0.2) is 16.4 Å². The van der Waals surface area contributed by atoms with E-state index in [1.807, 2.05) is 0 Å². The Kier molecular flexibility index (Phi) is 12.5. The number of terminal acetylenes is 1. The van der Waals surface area contributed by atoms with Crippen LogP contribution in [0.25, 0.3) is 10.4 Å². The third kappa shape index (κ3) is 7.74. The van der Waals surface area contributed by atoms with Gasteiger partial charge in [0.15, 0.2) is 0 Å². The third-order valence-corrected chi connectivity index (χ3v) is 16.1. The summed E-state index contributed by atoms with van der Waals surface area (Å²) >= 11 is 1.48. The van der Waals surface area contributed by atoms with E-state index in [0.29, 0.717) is 37.0 Å². The van der Waals surface area contributed by atoms with Gasteiger partial charge in [-0.25, -0.2) is 0 Å². The van der Waals surface area contributed by atoms with E-state index >= 15 is 0 Å². The predicted octanol–water partition coefficient (Wildman–Crippen LogP) is 3.71. The summed E-state index contributed by atoms with van der Waals surface area (Å²) in [6, 6.07) is -0.773. The summed E-state index contributed by atoms with van der Waals surface area (Å²) in [7, 11) is 0. The zero-order valence-corrected chi connectivity index (χ0v) is 33.4. The van der Waals surface area contributed by atoms with Crippen molar-refractivity contribution in [2.75, 3.05) is 12.3 Å². The van der Waals surface area contributed by atoms with Gasteiger partial charge in [0.05, 0.1) is 18.3 Å². The first kappa shape index (κ1) is 41.4. The topological polar surface area (TPSA) is 217 Å². The van der Waals surface area contributed by atoms with Gasteiger partial charge >= 0.3 is 0 Å². The number of amides is 4. The lowest BCUT2D eigenvalue weighted by molar-refractivity contribution is -0.207. The summed E-state index contributed by atoms with van der Waals surface area (Å²) in [5, 5.41) is 45.3. The molecule has 15 heteroatoms. The zero-order valence-electron chi connectivity index (χ0n) is 32.6. The number of aliphatic hydroxyl groups is 3. The van der Waals surface area contributed by atoms with Crippen LogP contribution in [0, 0.1) is 58.7 Å². The molecule has 0 aromatic rings. The average Bonchev–Trinajstić information content (AvgIpc) is 3.50. The average molecular weight is 782 g/mol. The first-order chi connectivity index (χ1) is 26.1. The molecule has 0 spiro atoms. The molecule has 5 fully saturated rings. The number of thioether (sulfide) groups is 1. The molecule has 4 aliphatic carbocycles. The number of β-lactam (4-membered cyclic amide) rings is 1. The van der Waals surface area contributed by atoms with Gasteiger partial charge in [0.1, 0.15) is 23.3 Å². The Hall–Kier alpha value is -3.28. The number of rotatable bonds is 13. The maximum Gasteiger partial charge on any atom is 0.269 e. The smallest absolute Gasteiger partial charge is 0.269 e. The number of fused-ring (bicyclic) bond motifs is 6. The fraction of sp³-hybridized carbons (Fsp3) is 0.800. The molecule has 0 aromatic carbocycles. The normalized spacial score (nSPS) is 38.7. The second kappa shape index (κ2) is 16.7. The van der Waals surface area contributed by atoms with Crippen molar-refractivity contribution in [3.63, 3.8) is 0 Å². The van der Waals surface area contributed by atoms with Gasteiger partial charge in [-0.15, -0.1) is 24.1 Å². The van der Waals surface area contributed by atoms with Crippen LogP contribution in [0.3, 0.4) is 0 Å². The highest BCUT2D eigenvalue weighted by Gasteiger charge is 2.65. The molecule has 4 unspecified atom stereocenters. The largest absolute Gasteiger partial charge is 0.393 e. The van der Waals surface area contributed by atoms with E-state index in [1.54, 1.807) is 6.92 Å². The molecule has 0 bridgehead atoms. The molecule has 0 aromatic heterocycles. The van der Waals surface area contributed by atoms with Crippen LogP contribution in [0.2, 0.25) is 0 Å². The Morgan fingerprint density at radius 1 is 1.09 bits per heavy atom. The Morgan fingerprint density at radius 2 is 1.85 bits per heavy atom. The predicted molar refractivity (Wildman–Crippen MR) is 207 cm³/mol. The van der Waals surface area contributed by atoms with Crippen LogP contribution in [-0.2, 0) is 19.2 Å². The van der Waals surface area contributed by atoms with Crippen molar-refractivity contribution in [3.8, 4) is 12.3 Å². The van der Waals surface area contributed by atoms with Gasteiger partial charge < -0.3 is 31.3 Å². The van der Waals surface area contributed by atoms with Crippen molar-refractivity contribution in [1.82, 2.24) is 20.9 Å². The minimum Gasteiger partial charge on any atom is -0.393 e. The van der Waals surface area contributed by atoms with Crippen LogP contribution < -0.4 is 16.0 Å². The SMILES string of the molecule is C#CCC(NC(=O)CCCN=[N+]=[N-])NC(=O)C1=C(C)CSC2C(NC(=O)CC[C@@H](C)[C@H]3CC[C@H]4[C@@H]5[C@H](O)C[C@@H]6C[C@H](O)CC[C@]6(C)[C@H]5CC(O)[C@]34C)C(=O)N12. The molecule has 302 valence electrons. The van der Waals surface area contributed by atoms with E-state index in [4.69, 9.17) is 12.0 Å². The van der Waals surface area contributed by atoms with Crippen LogP contribution in [0.4, 0.5) is 0 Å². The Morgan fingerprint density at radius 3 is 2.58 bits per heavy atom. The minimum atomic E-state index is -0.865. The zero-order chi connectivity index (χ0) is 39.8. The summed E-state index contributed by atoms with van der Waals surface area (Å²) in [5.41, 5.74) is 8.95. The van der Waals surface area contributed by atoms with Crippen LogP contribution >= 0.6 is 11.8 Å². The quantitative estimate of drug-likeness (QED) is 0.0307. The lowest BCUT2D eigenvalue weighted by atomic mass is 9.43. The van der Waals surface area contributed by atoms with Crippen LogP contribution in [0.1, 0.15) is 105 Å². The number of hydrogen-bond donors (Lipinski definition) is 6. The van der Waals surface area contributed by atoms with Gasteiger partial charge in [-0.1, -0.05) is 25.9 Å². The van der Waals surface area contributed by atoms with Crippen molar-refractivity contribution in [3.05, 3.63) is 21.7 Å². The van der Waals surface area contributed by atoms with E-state index in [1.165, 1.54) is 16.7 Å². The number of hydrogen-bond acceptors (Lipinski definition) is 9. The van der Waals surface area contributed by atoms with Gasteiger partial charge in [-0.3, -0.25) is 24.1 Å². The van der Waals surface area contributed by atoms with Crippen molar-refractivity contribution < 1.29 is 34.5 Å². The van der Waals surface area contributed by atoms with Crippen molar-refractivity contribution in [2.24, 2.45) is 51.5 Å². The Balaban J connectivity index is 1.03. The molecule has 6 rings (SSSR count). The molecule has 2 aliphatic heterocycles. The molecule has 6 N–H and O–H groups in total. The maximum atomic E-state index is 13.5. The van der Waals surface area contributed by atoms with Gasteiger partial charge in [-0.2, -0.15) is 0 Å². The summed E-state index contributed by atoms with van der Waals surface area (Å²) in [5.74, 6) is 2.55. The van der Waals surface area contributed by atoms with E-state index in [2.05, 4.69) is 52.7 Å².